The Balaban J connectivity index is 2.94. The lowest BCUT2D eigenvalue weighted by molar-refractivity contribution is -0.138. The lowest BCUT2D eigenvalue weighted by Crippen LogP contribution is -2.32. The molecule has 4 N–H and O–H groups in total. The molecular formula is C11H14FNO5S. The van der Waals surface area contributed by atoms with Crippen LogP contribution in [-0.4, -0.2) is 35.8 Å². The van der Waals surface area contributed by atoms with Gasteiger partial charge in [0, 0.05) is 0 Å². The molecule has 0 unspecified atom stereocenters. The maximum Gasteiger partial charge on any atom is 0.320 e. The van der Waals surface area contributed by atoms with Gasteiger partial charge in [-0.15, -0.1) is 0 Å². The van der Waals surface area contributed by atoms with Crippen molar-refractivity contribution >= 4 is 16.1 Å². The van der Waals surface area contributed by atoms with Crippen LogP contribution in [0.25, 0.3) is 0 Å². The van der Waals surface area contributed by atoms with E-state index in [9.17, 15) is 17.6 Å². The van der Waals surface area contributed by atoms with Gasteiger partial charge in [-0.05, 0) is 36.1 Å². The van der Waals surface area contributed by atoms with Crippen LogP contribution in [0.15, 0.2) is 18.2 Å². The first-order valence-electron chi connectivity index (χ1n) is 5.40. The summed E-state index contributed by atoms with van der Waals surface area (Å²) >= 11 is 0. The Hall–Kier alpha value is -1.51. The normalized spacial score (nSPS) is 13.2. The van der Waals surface area contributed by atoms with E-state index in [0.29, 0.717) is 11.1 Å². The fourth-order valence-corrected chi connectivity index (χ4v) is 2.07. The molecule has 0 saturated carbocycles. The number of nitrogens with two attached hydrogens (primary N) is 1. The Morgan fingerprint density at radius 1 is 1.37 bits per heavy atom. The molecule has 0 heterocycles. The third kappa shape index (κ3) is 5.33. The number of benzene rings is 1. The first-order valence-corrected chi connectivity index (χ1v) is 7.01. The standard InChI is InChI=1S/C11H14FNO5S/c12-9-2-1-7(3-4-19(16,17)18)8(5-9)6-10(13)11(14)15/h1-2,5,10H,3-4,6,13H2,(H,14,15)(H,16,17,18)/t10-/m0/s1. The van der Waals surface area contributed by atoms with Crippen LogP contribution in [0.3, 0.4) is 0 Å². The van der Waals surface area contributed by atoms with E-state index in [4.69, 9.17) is 15.4 Å². The Bertz CT molecular complexity index is 572. The molecule has 0 saturated heterocycles. The van der Waals surface area contributed by atoms with Crippen LogP contribution >= 0.6 is 0 Å². The summed E-state index contributed by atoms with van der Waals surface area (Å²) in [5.74, 6) is -2.32. The van der Waals surface area contributed by atoms with Crippen molar-refractivity contribution in [2.75, 3.05) is 5.75 Å². The number of carbonyl (C=O) groups is 1. The molecule has 0 aliphatic heterocycles. The number of hydrogen-bond donors (Lipinski definition) is 3. The molecule has 1 atom stereocenters. The van der Waals surface area contributed by atoms with Crippen LogP contribution in [0.5, 0.6) is 0 Å². The number of carboxylic acid groups (broad SMARTS) is 1. The number of hydrogen-bond acceptors (Lipinski definition) is 4. The first-order chi connectivity index (χ1) is 8.69. The summed E-state index contributed by atoms with van der Waals surface area (Å²) < 4.78 is 43.1. The van der Waals surface area contributed by atoms with E-state index < -0.39 is 33.7 Å². The van der Waals surface area contributed by atoms with Crippen LogP contribution in [-0.2, 0) is 27.8 Å². The molecular weight excluding hydrogens is 277 g/mol. The molecule has 0 aromatic heterocycles. The second-order valence-electron chi connectivity index (χ2n) is 4.10. The highest BCUT2D eigenvalue weighted by molar-refractivity contribution is 7.85. The Kier molecular flexibility index (Phi) is 4.98. The topological polar surface area (TPSA) is 118 Å². The minimum Gasteiger partial charge on any atom is -0.480 e. The molecule has 1 aromatic carbocycles. The lowest BCUT2D eigenvalue weighted by Gasteiger charge is -2.11. The summed E-state index contributed by atoms with van der Waals surface area (Å²) in [6.45, 7) is 0. The van der Waals surface area contributed by atoms with E-state index in [2.05, 4.69) is 0 Å². The molecule has 1 aromatic rings. The van der Waals surface area contributed by atoms with Crippen molar-refractivity contribution in [1.29, 1.82) is 0 Å². The Labute approximate surface area is 109 Å². The molecule has 0 aliphatic rings. The fraction of sp³-hybridized carbons (Fsp3) is 0.364. The zero-order chi connectivity index (χ0) is 14.6. The highest BCUT2D eigenvalue weighted by atomic mass is 32.2. The number of aryl methyl sites for hydroxylation is 1. The smallest absolute Gasteiger partial charge is 0.320 e. The van der Waals surface area contributed by atoms with Gasteiger partial charge in [-0.2, -0.15) is 8.42 Å². The zero-order valence-corrected chi connectivity index (χ0v) is 10.7. The van der Waals surface area contributed by atoms with Crippen molar-refractivity contribution in [2.45, 2.75) is 18.9 Å². The van der Waals surface area contributed by atoms with E-state index >= 15 is 0 Å². The van der Waals surface area contributed by atoms with Gasteiger partial charge < -0.3 is 10.8 Å². The summed E-state index contributed by atoms with van der Waals surface area (Å²) in [7, 11) is -4.14. The lowest BCUT2D eigenvalue weighted by atomic mass is 9.99. The predicted octanol–water partition coefficient (Wildman–Crippen LogP) is 0.210. The molecule has 0 spiro atoms. The van der Waals surface area contributed by atoms with Gasteiger partial charge in [0.2, 0.25) is 0 Å². The van der Waals surface area contributed by atoms with Crippen LogP contribution < -0.4 is 5.73 Å². The molecule has 19 heavy (non-hydrogen) atoms. The van der Waals surface area contributed by atoms with E-state index in [1.165, 1.54) is 6.07 Å². The zero-order valence-electron chi connectivity index (χ0n) is 9.91. The molecule has 1 rings (SSSR count). The largest absolute Gasteiger partial charge is 0.480 e. The van der Waals surface area contributed by atoms with Gasteiger partial charge in [0.15, 0.2) is 0 Å². The second kappa shape index (κ2) is 6.09. The third-order valence-electron chi connectivity index (χ3n) is 2.55. The maximum absolute atomic E-state index is 13.1. The summed E-state index contributed by atoms with van der Waals surface area (Å²) in [6, 6.07) is 2.40. The average Bonchev–Trinajstić information content (AvgIpc) is 2.26. The van der Waals surface area contributed by atoms with E-state index in [0.717, 1.165) is 12.1 Å². The van der Waals surface area contributed by atoms with Gasteiger partial charge >= 0.3 is 5.97 Å². The molecule has 0 fully saturated rings. The SMILES string of the molecule is N[C@@H](Cc1cc(F)ccc1CCS(=O)(=O)O)C(=O)O. The minimum absolute atomic E-state index is 0.0409. The highest BCUT2D eigenvalue weighted by Gasteiger charge is 2.16. The molecule has 8 heteroatoms. The Morgan fingerprint density at radius 2 is 2.00 bits per heavy atom. The van der Waals surface area contributed by atoms with E-state index in [1.807, 2.05) is 0 Å². The maximum atomic E-state index is 13.1. The average molecular weight is 291 g/mol. The predicted molar refractivity (Wildman–Crippen MR) is 65.8 cm³/mol. The minimum atomic E-state index is -4.14. The van der Waals surface area contributed by atoms with Gasteiger partial charge in [-0.3, -0.25) is 9.35 Å². The van der Waals surface area contributed by atoms with Crippen molar-refractivity contribution in [3.05, 3.63) is 35.1 Å². The number of rotatable bonds is 6. The first kappa shape index (κ1) is 15.5. The van der Waals surface area contributed by atoms with Gasteiger partial charge in [0.25, 0.3) is 10.1 Å². The van der Waals surface area contributed by atoms with Crippen LogP contribution in [0.1, 0.15) is 11.1 Å². The van der Waals surface area contributed by atoms with Gasteiger partial charge in [-0.25, -0.2) is 4.39 Å². The van der Waals surface area contributed by atoms with Gasteiger partial charge in [0.1, 0.15) is 11.9 Å². The van der Waals surface area contributed by atoms with Crippen molar-refractivity contribution in [3.8, 4) is 0 Å². The number of aliphatic carboxylic acids is 1. The monoisotopic (exact) mass is 291 g/mol. The van der Waals surface area contributed by atoms with Crippen LogP contribution in [0, 0.1) is 5.82 Å². The molecule has 0 radical (unpaired) electrons. The number of carboxylic acids is 1. The fourth-order valence-electron chi connectivity index (χ4n) is 1.59. The van der Waals surface area contributed by atoms with Crippen molar-refractivity contribution in [1.82, 2.24) is 0 Å². The number of halogens is 1. The summed E-state index contributed by atoms with van der Waals surface area (Å²) in [4.78, 5) is 10.7. The van der Waals surface area contributed by atoms with E-state index in [1.54, 1.807) is 0 Å². The molecule has 0 aliphatic carbocycles. The molecule has 106 valence electrons. The highest BCUT2D eigenvalue weighted by Crippen LogP contribution is 2.15. The molecule has 0 amide bonds. The summed E-state index contributed by atoms with van der Waals surface area (Å²) in [5.41, 5.74) is 6.12. The molecule has 0 bridgehead atoms. The van der Waals surface area contributed by atoms with Crippen LogP contribution in [0.2, 0.25) is 0 Å². The summed E-state index contributed by atoms with van der Waals surface area (Å²) in [5, 5.41) is 8.71. The van der Waals surface area contributed by atoms with E-state index in [-0.39, 0.29) is 12.8 Å². The van der Waals surface area contributed by atoms with Crippen molar-refractivity contribution in [2.24, 2.45) is 5.73 Å². The summed E-state index contributed by atoms with van der Waals surface area (Å²) in [6.07, 6.45) is -0.158. The van der Waals surface area contributed by atoms with Crippen molar-refractivity contribution in [3.63, 3.8) is 0 Å². The second-order valence-corrected chi connectivity index (χ2v) is 5.67. The van der Waals surface area contributed by atoms with Crippen molar-refractivity contribution < 1.29 is 27.3 Å². The van der Waals surface area contributed by atoms with Gasteiger partial charge in [-0.1, -0.05) is 6.07 Å². The quantitative estimate of drug-likeness (QED) is 0.645. The Morgan fingerprint density at radius 3 is 2.53 bits per heavy atom. The van der Waals surface area contributed by atoms with Gasteiger partial charge in [0.05, 0.1) is 5.75 Å². The molecule has 6 nitrogen and oxygen atoms in total. The third-order valence-corrected chi connectivity index (χ3v) is 3.27. The van der Waals surface area contributed by atoms with Crippen LogP contribution in [0.4, 0.5) is 4.39 Å².